The molecule has 0 spiro atoms. The number of rotatable bonds is 0. The summed E-state index contributed by atoms with van der Waals surface area (Å²) in [5.74, 6) is 0. The Labute approximate surface area is 73.8 Å². The molecule has 0 saturated heterocycles. The number of fused-ring (bicyclic) bond motifs is 1. The summed E-state index contributed by atoms with van der Waals surface area (Å²) in [5.41, 5.74) is 0.741. The van der Waals surface area contributed by atoms with E-state index < -0.39 is 0 Å². The molecule has 0 unspecified atom stereocenters. The second-order valence-corrected chi connectivity index (χ2v) is 2.68. The van der Waals surface area contributed by atoms with Crippen molar-refractivity contribution in [3.63, 3.8) is 0 Å². The minimum absolute atomic E-state index is 0.368. The van der Waals surface area contributed by atoms with Crippen LogP contribution in [0, 0.1) is 11.5 Å². The van der Waals surface area contributed by atoms with Gasteiger partial charge in [-0.2, -0.15) is 9.94 Å². The number of nitriles is 1. The lowest BCUT2D eigenvalue weighted by Crippen LogP contribution is -1.88. The standard InChI is InChI=1S/C8H4ClN3/c9-8-6-3-1-2-4-7(6)12(5-10)11-8/h1-4H. The number of nitrogens with zero attached hydrogens (tertiary/aromatic N) is 3. The van der Waals surface area contributed by atoms with Gasteiger partial charge in [-0.05, 0) is 12.1 Å². The normalized spacial score (nSPS) is 10.0. The summed E-state index contributed by atoms with van der Waals surface area (Å²) in [7, 11) is 0. The average molecular weight is 178 g/mol. The minimum atomic E-state index is 0.368. The van der Waals surface area contributed by atoms with Crippen molar-refractivity contribution in [3.8, 4) is 6.19 Å². The Balaban J connectivity index is 2.94. The molecule has 58 valence electrons. The molecule has 0 N–H and O–H groups in total. The van der Waals surface area contributed by atoms with Gasteiger partial charge in [-0.1, -0.05) is 23.7 Å². The Hall–Kier alpha value is -1.53. The topological polar surface area (TPSA) is 41.6 Å². The second-order valence-electron chi connectivity index (χ2n) is 2.32. The van der Waals surface area contributed by atoms with Crippen molar-refractivity contribution in [2.75, 3.05) is 0 Å². The first-order chi connectivity index (χ1) is 5.83. The smallest absolute Gasteiger partial charge is 0.170 e. The zero-order chi connectivity index (χ0) is 8.55. The van der Waals surface area contributed by atoms with Crippen molar-refractivity contribution < 1.29 is 0 Å². The number of aromatic nitrogens is 2. The van der Waals surface area contributed by atoms with E-state index in [-0.39, 0.29) is 0 Å². The van der Waals surface area contributed by atoms with Crippen LogP contribution >= 0.6 is 11.6 Å². The highest BCUT2D eigenvalue weighted by molar-refractivity contribution is 6.34. The van der Waals surface area contributed by atoms with Crippen LogP contribution in [-0.2, 0) is 0 Å². The molecule has 3 nitrogen and oxygen atoms in total. The summed E-state index contributed by atoms with van der Waals surface area (Å²) in [4.78, 5) is 0. The second kappa shape index (κ2) is 2.50. The van der Waals surface area contributed by atoms with E-state index >= 15 is 0 Å². The zero-order valence-corrected chi connectivity index (χ0v) is 6.78. The molecule has 1 aromatic carbocycles. The molecule has 12 heavy (non-hydrogen) atoms. The van der Waals surface area contributed by atoms with Crippen LogP contribution in [-0.4, -0.2) is 9.78 Å². The molecule has 0 aliphatic heterocycles. The molecule has 2 rings (SSSR count). The fraction of sp³-hybridized carbons (Fsp3) is 0. The van der Waals surface area contributed by atoms with Gasteiger partial charge in [0.05, 0.1) is 5.52 Å². The van der Waals surface area contributed by atoms with Gasteiger partial charge in [-0.15, -0.1) is 5.10 Å². The number of hydrogen-bond acceptors (Lipinski definition) is 2. The van der Waals surface area contributed by atoms with Gasteiger partial charge >= 0.3 is 0 Å². The predicted octanol–water partition coefficient (Wildman–Crippen LogP) is 2.02. The van der Waals surface area contributed by atoms with E-state index in [0.29, 0.717) is 5.15 Å². The van der Waals surface area contributed by atoms with E-state index in [1.807, 2.05) is 24.4 Å². The SMILES string of the molecule is N#Cn1nc(Cl)c2ccccc21. The highest BCUT2D eigenvalue weighted by Crippen LogP contribution is 2.21. The first-order valence-electron chi connectivity index (χ1n) is 3.36. The molecule has 0 aliphatic rings. The Morgan fingerprint density at radius 2 is 2.17 bits per heavy atom. The molecular weight excluding hydrogens is 174 g/mol. The fourth-order valence-electron chi connectivity index (χ4n) is 1.10. The molecule has 2 aromatic rings. The third-order valence-electron chi connectivity index (χ3n) is 1.64. The lowest BCUT2D eigenvalue weighted by molar-refractivity contribution is 0.928. The third kappa shape index (κ3) is 0.858. The molecule has 1 heterocycles. The monoisotopic (exact) mass is 177 g/mol. The van der Waals surface area contributed by atoms with Gasteiger partial charge in [0.15, 0.2) is 5.15 Å². The van der Waals surface area contributed by atoms with Crippen LogP contribution in [0.15, 0.2) is 24.3 Å². The van der Waals surface area contributed by atoms with Crippen molar-refractivity contribution in [2.45, 2.75) is 0 Å². The van der Waals surface area contributed by atoms with Crippen LogP contribution in [0.1, 0.15) is 0 Å². The highest BCUT2D eigenvalue weighted by Gasteiger charge is 2.05. The summed E-state index contributed by atoms with van der Waals surface area (Å²) >= 11 is 5.77. The Morgan fingerprint density at radius 1 is 1.42 bits per heavy atom. The van der Waals surface area contributed by atoms with Crippen molar-refractivity contribution in [3.05, 3.63) is 29.4 Å². The molecule has 0 radical (unpaired) electrons. The van der Waals surface area contributed by atoms with E-state index in [2.05, 4.69) is 5.10 Å². The van der Waals surface area contributed by atoms with Gasteiger partial charge < -0.3 is 0 Å². The molecule has 0 amide bonds. The Morgan fingerprint density at radius 3 is 2.92 bits per heavy atom. The van der Waals surface area contributed by atoms with Gasteiger partial charge in [-0.3, -0.25) is 0 Å². The lowest BCUT2D eigenvalue weighted by atomic mass is 10.3. The number of benzene rings is 1. The molecule has 0 saturated carbocycles. The van der Waals surface area contributed by atoms with Crippen LogP contribution in [0.25, 0.3) is 10.9 Å². The lowest BCUT2D eigenvalue weighted by Gasteiger charge is -1.87. The van der Waals surface area contributed by atoms with Gasteiger partial charge in [0.2, 0.25) is 6.19 Å². The molecule has 0 fully saturated rings. The quantitative estimate of drug-likeness (QED) is 0.618. The Kier molecular flexibility index (Phi) is 1.49. The van der Waals surface area contributed by atoms with Crippen LogP contribution in [0.3, 0.4) is 0 Å². The third-order valence-corrected chi connectivity index (χ3v) is 1.92. The fourth-order valence-corrected chi connectivity index (χ4v) is 1.34. The van der Waals surface area contributed by atoms with Crippen molar-refractivity contribution >= 4 is 22.5 Å². The number of hydrogen-bond donors (Lipinski definition) is 0. The van der Waals surface area contributed by atoms with E-state index in [9.17, 15) is 0 Å². The maximum atomic E-state index is 8.64. The molecule has 0 bridgehead atoms. The molecular formula is C8H4ClN3. The van der Waals surface area contributed by atoms with Gasteiger partial charge in [0.1, 0.15) is 0 Å². The largest absolute Gasteiger partial charge is 0.207 e. The zero-order valence-electron chi connectivity index (χ0n) is 6.03. The maximum absolute atomic E-state index is 8.64. The van der Waals surface area contributed by atoms with E-state index in [0.717, 1.165) is 10.9 Å². The first-order valence-corrected chi connectivity index (χ1v) is 3.74. The van der Waals surface area contributed by atoms with Crippen LogP contribution < -0.4 is 0 Å². The number of halogens is 1. The van der Waals surface area contributed by atoms with Crippen molar-refractivity contribution in [1.29, 1.82) is 5.26 Å². The van der Waals surface area contributed by atoms with Crippen molar-refractivity contribution in [2.24, 2.45) is 0 Å². The van der Waals surface area contributed by atoms with E-state index in [1.165, 1.54) is 4.68 Å². The molecule has 4 heteroatoms. The highest BCUT2D eigenvalue weighted by atomic mass is 35.5. The van der Waals surface area contributed by atoms with Gasteiger partial charge in [-0.25, -0.2) is 0 Å². The van der Waals surface area contributed by atoms with Crippen molar-refractivity contribution in [1.82, 2.24) is 9.78 Å². The number of para-hydroxylation sites is 1. The Bertz CT molecular complexity index is 467. The van der Waals surface area contributed by atoms with Crippen LogP contribution in [0.4, 0.5) is 0 Å². The molecule has 0 atom stereocenters. The van der Waals surface area contributed by atoms with Gasteiger partial charge in [0, 0.05) is 5.39 Å². The summed E-state index contributed by atoms with van der Waals surface area (Å²) in [6.45, 7) is 0. The summed E-state index contributed by atoms with van der Waals surface area (Å²) in [6.07, 6.45) is 1.91. The van der Waals surface area contributed by atoms with Gasteiger partial charge in [0.25, 0.3) is 0 Å². The predicted molar refractivity (Wildman–Crippen MR) is 45.8 cm³/mol. The maximum Gasteiger partial charge on any atom is 0.207 e. The summed E-state index contributed by atoms with van der Waals surface area (Å²) in [5, 5.41) is 13.6. The first kappa shape index (κ1) is 7.14. The summed E-state index contributed by atoms with van der Waals surface area (Å²) < 4.78 is 1.21. The summed E-state index contributed by atoms with van der Waals surface area (Å²) in [6, 6.07) is 7.34. The van der Waals surface area contributed by atoms with E-state index in [4.69, 9.17) is 16.9 Å². The van der Waals surface area contributed by atoms with E-state index in [1.54, 1.807) is 6.07 Å². The average Bonchev–Trinajstić information content (AvgIpc) is 2.44. The van der Waals surface area contributed by atoms with Crippen LogP contribution in [0.2, 0.25) is 5.15 Å². The minimum Gasteiger partial charge on any atom is -0.170 e. The molecule has 1 aromatic heterocycles. The van der Waals surface area contributed by atoms with Crippen LogP contribution in [0.5, 0.6) is 0 Å². The molecule has 0 aliphatic carbocycles.